The summed E-state index contributed by atoms with van der Waals surface area (Å²) in [6.45, 7) is 1.74. The number of benzene rings is 3. The number of hydrogen-bond acceptors (Lipinski definition) is 5. The lowest BCUT2D eigenvalue weighted by Gasteiger charge is -2.20. The lowest BCUT2D eigenvalue weighted by atomic mass is 9.98. The third-order valence-corrected chi connectivity index (χ3v) is 6.02. The molecule has 1 atom stereocenters. The highest BCUT2D eigenvalue weighted by Crippen LogP contribution is 2.44. The first-order valence-corrected chi connectivity index (χ1v) is 11.1. The van der Waals surface area contributed by atoms with Crippen LogP contribution in [-0.2, 0) is 14.3 Å². The van der Waals surface area contributed by atoms with E-state index in [4.69, 9.17) is 14.6 Å². The molecule has 4 rings (SSSR count). The number of aryl methyl sites for hydroxylation is 1. The predicted octanol–water partition coefficient (Wildman–Crippen LogP) is 4.19. The van der Waals surface area contributed by atoms with Crippen molar-refractivity contribution in [2.45, 2.75) is 18.9 Å². The molecule has 0 aromatic heterocycles. The van der Waals surface area contributed by atoms with Gasteiger partial charge in [0, 0.05) is 18.7 Å². The number of ether oxygens (including phenoxy) is 2. The Hall–Kier alpha value is -4.17. The van der Waals surface area contributed by atoms with E-state index in [1.807, 2.05) is 36.4 Å². The number of rotatable bonds is 8. The maximum Gasteiger partial charge on any atom is 0.407 e. The van der Waals surface area contributed by atoms with E-state index in [1.165, 1.54) is 25.3 Å². The second kappa shape index (κ2) is 10.4. The Morgan fingerprint density at radius 2 is 1.60 bits per heavy atom. The summed E-state index contributed by atoms with van der Waals surface area (Å²) in [4.78, 5) is 36.6. The molecule has 35 heavy (non-hydrogen) atoms. The highest BCUT2D eigenvalue weighted by Gasteiger charge is 2.30. The van der Waals surface area contributed by atoms with Crippen LogP contribution in [0.2, 0.25) is 0 Å². The van der Waals surface area contributed by atoms with Crippen molar-refractivity contribution >= 4 is 23.7 Å². The largest absolute Gasteiger partial charge is 0.478 e. The fourth-order valence-electron chi connectivity index (χ4n) is 4.29. The smallest absolute Gasteiger partial charge is 0.407 e. The monoisotopic (exact) mass is 474 g/mol. The first kappa shape index (κ1) is 24.0. The summed E-state index contributed by atoms with van der Waals surface area (Å²) in [5.41, 5.74) is 5.56. The topological polar surface area (TPSA) is 114 Å². The van der Waals surface area contributed by atoms with Crippen LogP contribution in [0.3, 0.4) is 0 Å². The van der Waals surface area contributed by atoms with Crippen molar-refractivity contribution in [2.75, 3.05) is 25.6 Å². The first-order valence-electron chi connectivity index (χ1n) is 11.1. The first-order chi connectivity index (χ1) is 16.9. The van der Waals surface area contributed by atoms with Gasteiger partial charge in [-0.1, -0.05) is 48.5 Å². The Labute approximate surface area is 202 Å². The Bertz CT molecular complexity index is 1230. The number of alkyl carbamates (subject to hydrolysis) is 1. The average Bonchev–Trinajstić information content (AvgIpc) is 3.17. The number of aromatic carboxylic acids is 1. The molecule has 1 unspecified atom stereocenters. The van der Waals surface area contributed by atoms with Gasteiger partial charge < -0.3 is 25.2 Å². The molecule has 0 bridgehead atoms. The molecule has 0 radical (unpaired) electrons. The van der Waals surface area contributed by atoms with Crippen molar-refractivity contribution in [2.24, 2.45) is 0 Å². The van der Waals surface area contributed by atoms with Gasteiger partial charge in [-0.05, 0) is 52.9 Å². The summed E-state index contributed by atoms with van der Waals surface area (Å²) >= 11 is 0. The highest BCUT2D eigenvalue weighted by atomic mass is 16.5. The number of methoxy groups -OCH3 is 1. The highest BCUT2D eigenvalue weighted by molar-refractivity contribution is 5.98. The molecule has 0 heterocycles. The van der Waals surface area contributed by atoms with Crippen LogP contribution in [0.4, 0.5) is 10.5 Å². The summed E-state index contributed by atoms with van der Waals surface area (Å²) in [7, 11) is 1.42. The normalized spacial score (nSPS) is 12.9. The van der Waals surface area contributed by atoms with E-state index in [-0.39, 0.29) is 24.7 Å². The SMILES string of the molecule is COCC(NC(=O)OCC1c2ccccc2-c2ccccc21)C(=O)Nc1ccc(C(=O)O)cc1C. The van der Waals surface area contributed by atoms with E-state index in [0.29, 0.717) is 11.3 Å². The second-order valence-electron chi connectivity index (χ2n) is 8.30. The molecular weight excluding hydrogens is 448 g/mol. The van der Waals surface area contributed by atoms with Crippen molar-refractivity contribution in [3.05, 3.63) is 89.0 Å². The Morgan fingerprint density at radius 1 is 0.971 bits per heavy atom. The van der Waals surface area contributed by atoms with Gasteiger partial charge in [0.25, 0.3) is 0 Å². The Kier molecular flexibility index (Phi) is 7.12. The zero-order valence-electron chi connectivity index (χ0n) is 19.4. The van der Waals surface area contributed by atoms with Gasteiger partial charge in [0.2, 0.25) is 5.91 Å². The number of hydrogen-bond donors (Lipinski definition) is 3. The van der Waals surface area contributed by atoms with Crippen LogP contribution in [0.25, 0.3) is 11.1 Å². The van der Waals surface area contributed by atoms with Gasteiger partial charge in [-0.15, -0.1) is 0 Å². The summed E-state index contributed by atoms with van der Waals surface area (Å²) in [5, 5.41) is 14.4. The molecule has 1 aliphatic carbocycles. The molecule has 3 aromatic rings. The van der Waals surface area contributed by atoms with Crippen LogP contribution >= 0.6 is 0 Å². The summed E-state index contributed by atoms with van der Waals surface area (Å²) < 4.78 is 10.6. The molecule has 0 spiro atoms. The standard InChI is InChI=1S/C27H26N2O6/c1-16-13-17(26(31)32)11-12-23(16)28-25(30)24(15-34-2)29-27(33)35-14-22-20-9-5-3-7-18(20)19-8-4-6-10-21(19)22/h3-13,22,24H,14-15H2,1-2H3,(H,28,30)(H,29,33)(H,31,32). The fraction of sp³-hybridized carbons (Fsp3) is 0.222. The number of anilines is 1. The zero-order valence-corrected chi connectivity index (χ0v) is 19.4. The minimum absolute atomic E-state index is 0.0672. The van der Waals surface area contributed by atoms with Crippen LogP contribution < -0.4 is 10.6 Å². The number of carboxylic acid groups (broad SMARTS) is 1. The number of fused-ring (bicyclic) bond motifs is 3. The van der Waals surface area contributed by atoms with Crippen molar-refractivity contribution < 1.29 is 29.0 Å². The lowest BCUT2D eigenvalue weighted by Crippen LogP contribution is -2.47. The Morgan fingerprint density at radius 3 is 2.17 bits per heavy atom. The van der Waals surface area contributed by atoms with Crippen LogP contribution in [0.1, 0.15) is 33.0 Å². The molecule has 0 saturated heterocycles. The minimum Gasteiger partial charge on any atom is -0.478 e. The van der Waals surface area contributed by atoms with Gasteiger partial charge in [-0.3, -0.25) is 4.79 Å². The molecular formula is C27H26N2O6. The lowest BCUT2D eigenvalue weighted by molar-refractivity contribution is -0.119. The van der Waals surface area contributed by atoms with Crippen LogP contribution in [0, 0.1) is 6.92 Å². The average molecular weight is 475 g/mol. The van der Waals surface area contributed by atoms with E-state index in [2.05, 4.69) is 22.8 Å². The predicted molar refractivity (Wildman–Crippen MR) is 131 cm³/mol. The van der Waals surface area contributed by atoms with Crippen molar-refractivity contribution in [3.8, 4) is 11.1 Å². The molecule has 0 saturated carbocycles. The van der Waals surface area contributed by atoms with Crippen LogP contribution in [-0.4, -0.2) is 49.4 Å². The molecule has 8 nitrogen and oxygen atoms in total. The van der Waals surface area contributed by atoms with E-state index in [0.717, 1.165) is 22.3 Å². The van der Waals surface area contributed by atoms with E-state index >= 15 is 0 Å². The van der Waals surface area contributed by atoms with E-state index < -0.39 is 24.0 Å². The zero-order chi connectivity index (χ0) is 24.9. The molecule has 1 aliphatic rings. The number of carbonyl (C=O) groups excluding carboxylic acids is 2. The quantitative estimate of drug-likeness (QED) is 0.451. The maximum atomic E-state index is 12.8. The van der Waals surface area contributed by atoms with Gasteiger partial charge in [0.15, 0.2) is 0 Å². The molecule has 8 heteroatoms. The molecule has 0 aliphatic heterocycles. The van der Waals surface area contributed by atoms with Crippen molar-refractivity contribution in [3.63, 3.8) is 0 Å². The van der Waals surface area contributed by atoms with Crippen molar-refractivity contribution in [1.82, 2.24) is 5.32 Å². The number of carbonyl (C=O) groups is 3. The minimum atomic E-state index is -1.06. The van der Waals surface area contributed by atoms with Gasteiger partial charge in [0.05, 0.1) is 12.2 Å². The summed E-state index contributed by atoms with van der Waals surface area (Å²) in [6.07, 6.45) is -0.734. The molecule has 3 aromatic carbocycles. The number of amides is 2. The van der Waals surface area contributed by atoms with Crippen LogP contribution in [0.15, 0.2) is 66.7 Å². The van der Waals surface area contributed by atoms with Gasteiger partial charge in [-0.25, -0.2) is 9.59 Å². The molecule has 2 amide bonds. The fourth-order valence-corrected chi connectivity index (χ4v) is 4.29. The van der Waals surface area contributed by atoms with Gasteiger partial charge in [0.1, 0.15) is 12.6 Å². The van der Waals surface area contributed by atoms with Crippen LogP contribution in [0.5, 0.6) is 0 Å². The molecule has 0 fully saturated rings. The summed E-state index contributed by atoms with van der Waals surface area (Å²) in [6, 6.07) is 19.4. The molecule has 180 valence electrons. The summed E-state index contributed by atoms with van der Waals surface area (Å²) in [5.74, 6) is -1.66. The van der Waals surface area contributed by atoms with Gasteiger partial charge in [-0.2, -0.15) is 0 Å². The maximum absolute atomic E-state index is 12.8. The third kappa shape index (κ3) is 5.17. The second-order valence-corrected chi connectivity index (χ2v) is 8.30. The Balaban J connectivity index is 1.41. The van der Waals surface area contributed by atoms with E-state index in [1.54, 1.807) is 6.92 Å². The molecule has 3 N–H and O–H groups in total. The van der Waals surface area contributed by atoms with Crippen molar-refractivity contribution in [1.29, 1.82) is 0 Å². The number of carboxylic acids is 1. The number of nitrogens with one attached hydrogen (secondary N) is 2. The third-order valence-electron chi connectivity index (χ3n) is 6.02. The van der Waals surface area contributed by atoms with E-state index in [9.17, 15) is 14.4 Å². The van der Waals surface area contributed by atoms with Gasteiger partial charge >= 0.3 is 12.1 Å².